The number of hydrogen-bond donors (Lipinski definition) is 6. The van der Waals surface area contributed by atoms with E-state index >= 15 is 0 Å². The fourth-order valence-electron chi connectivity index (χ4n) is 9.88. The number of carbonyl (C=O) groups is 2. The number of hydrogen-bond acceptors (Lipinski definition) is 10. The van der Waals surface area contributed by atoms with Crippen molar-refractivity contribution in [3.05, 3.63) is 24.3 Å². The van der Waals surface area contributed by atoms with Crippen LogP contribution in [0.3, 0.4) is 0 Å². The summed E-state index contributed by atoms with van der Waals surface area (Å²) >= 11 is 0. The quantitative estimate of drug-likeness (QED) is 0.0195. The van der Waals surface area contributed by atoms with Crippen molar-refractivity contribution in [2.75, 3.05) is 13.2 Å². The van der Waals surface area contributed by atoms with Crippen molar-refractivity contribution in [2.24, 2.45) is 0 Å². The Hall–Kier alpha value is -1.86. The van der Waals surface area contributed by atoms with Crippen LogP contribution in [0.25, 0.3) is 0 Å². The summed E-state index contributed by atoms with van der Waals surface area (Å²) in [6.45, 7) is 5.79. The van der Waals surface area contributed by atoms with Crippen molar-refractivity contribution in [2.45, 2.75) is 346 Å². The largest absolute Gasteiger partial charge is 0.454 e. The van der Waals surface area contributed by atoms with E-state index in [0.717, 1.165) is 57.8 Å². The Morgan fingerprint density at radius 1 is 0.521 bits per heavy atom. The molecule has 0 aromatic heterocycles. The molecule has 1 heterocycles. The highest BCUT2D eigenvalue weighted by Crippen LogP contribution is 2.26. The molecule has 0 aromatic rings. The zero-order chi connectivity index (χ0) is 53.3. The van der Waals surface area contributed by atoms with Gasteiger partial charge in [-0.3, -0.25) is 9.59 Å². The first kappa shape index (κ1) is 69.2. The fourth-order valence-corrected chi connectivity index (χ4v) is 9.88. The third-order valence-corrected chi connectivity index (χ3v) is 14.9. The molecule has 1 amide bonds. The number of nitrogens with one attached hydrogen (secondary N) is 1. The summed E-state index contributed by atoms with van der Waals surface area (Å²) in [5, 5.41) is 56.9. The summed E-state index contributed by atoms with van der Waals surface area (Å²) in [5.41, 5.74) is 0. The summed E-state index contributed by atoms with van der Waals surface area (Å²) in [6.07, 6.45) is 47.9. The molecule has 1 fully saturated rings. The Balaban J connectivity index is 2.67. The molecule has 8 unspecified atom stereocenters. The molecule has 6 N–H and O–H groups in total. The van der Waals surface area contributed by atoms with Gasteiger partial charge in [-0.25, -0.2) is 0 Å². The molecule has 1 aliphatic rings. The highest BCUT2D eigenvalue weighted by atomic mass is 16.7. The van der Waals surface area contributed by atoms with Crippen LogP contribution in [0, 0.1) is 0 Å². The van der Waals surface area contributed by atoms with E-state index in [1.807, 2.05) is 6.08 Å². The summed E-state index contributed by atoms with van der Waals surface area (Å²) in [6, 6.07) is -1.03. The van der Waals surface area contributed by atoms with Crippen molar-refractivity contribution in [3.8, 4) is 0 Å². The maximum absolute atomic E-state index is 13.4. The van der Waals surface area contributed by atoms with Crippen molar-refractivity contribution < 1.29 is 49.3 Å². The highest BCUT2D eigenvalue weighted by Gasteiger charge is 2.47. The van der Waals surface area contributed by atoms with Crippen LogP contribution in [0.15, 0.2) is 24.3 Å². The predicted octanol–water partition coefficient (Wildman–Crippen LogP) is 14.5. The number of carbonyl (C=O) groups excluding carboxylic acids is 2. The van der Waals surface area contributed by atoms with E-state index in [0.29, 0.717) is 12.8 Å². The number of aliphatic hydroxyl groups is 5. The van der Waals surface area contributed by atoms with Crippen LogP contribution in [0.4, 0.5) is 0 Å². The maximum atomic E-state index is 13.4. The number of aliphatic hydroxyl groups excluding tert-OH is 5. The fraction of sp³-hybridized carbons (Fsp3) is 0.903. The van der Waals surface area contributed by atoms with Gasteiger partial charge in [0.25, 0.3) is 0 Å². The Bertz CT molecular complexity index is 1280. The zero-order valence-corrected chi connectivity index (χ0v) is 47.5. The third-order valence-electron chi connectivity index (χ3n) is 14.9. The van der Waals surface area contributed by atoms with Gasteiger partial charge < -0.3 is 45.1 Å². The average Bonchev–Trinajstić information content (AvgIpc) is 3.39. The van der Waals surface area contributed by atoms with E-state index in [4.69, 9.17) is 14.2 Å². The zero-order valence-electron chi connectivity index (χ0n) is 47.5. The molecule has 0 spiro atoms. The first-order chi connectivity index (χ1) is 35.7. The Morgan fingerprint density at radius 2 is 0.904 bits per heavy atom. The van der Waals surface area contributed by atoms with Crippen LogP contribution < -0.4 is 5.32 Å². The molecule has 0 aromatic carbocycles. The van der Waals surface area contributed by atoms with Crippen LogP contribution in [0.1, 0.15) is 297 Å². The van der Waals surface area contributed by atoms with Crippen LogP contribution in [0.2, 0.25) is 0 Å². The molecule has 0 radical (unpaired) electrons. The molecule has 0 bridgehead atoms. The minimum atomic E-state index is -1.61. The summed E-state index contributed by atoms with van der Waals surface area (Å²) in [4.78, 5) is 26.5. The van der Waals surface area contributed by atoms with Gasteiger partial charge >= 0.3 is 5.97 Å². The van der Waals surface area contributed by atoms with Crippen LogP contribution in [-0.2, 0) is 23.8 Å². The summed E-state index contributed by atoms with van der Waals surface area (Å²) in [5.74, 6) is -1.20. The second-order valence-electron chi connectivity index (χ2n) is 21.8. The van der Waals surface area contributed by atoms with E-state index in [2.05, 4.69) is 38.2 Å². The second kappa shape index (κ2) is 50.9. The Labute approximate surface area is 448 Å². The predicted molar refractivity (Wildman–Crippen MR) is 301 cm³/mol. The van der Waals surface area contributed by atoms with Gasteiger partial charge in [0.2, 0.25) is 5.91 Å². The molecule has 430 valence electrons. The lowest BCUT2D eigenvalue weighted by atomic mass is 9.99. The first-order valence-electron chi connectivity index (χ1n) is 31.1. The highest BCUT2D eigenvalue weighted by molar-refractivity contribution is 5.80. The van der Waals surface area contributed by atoms with Crippen molar-refractivity contribution >= 4 is 11.9 Å². The van der Waals surface area contributed by atoms with Gasteiger partial charge in [0, 0.05) is 6.42 Å². The van der Waals surface area contributed by atoms with Gasteiger partial charge in [-0.15, -0.1) is 0 Å². The van der Waals surface area contributed by atoms with E-state index in [1.165, 1.54) is 193 Å². The molecule has 8 atom stereocenters. The van der Waals surface area contributed by atoms with Crippen molar-refractivity contribution in [3.63, 3.8) is 0 Å². The van der Waals surface area contributed by atoms with Gasteiger partial charge in [0.15, 0.2) is 12.4 Å². The number of amides is 1. The first-order valence-corrected chi connectivity index (χ1v) is 31.1. The molecular weight excluding hydrogens is 919 g/mol. The Kier molecular flexibility index (Phi) is 48.2. The van der Waals surface area contributed by atoms with Gasteiger partial charge in [-0.05, 0) is 51.4 Å². The van der Waals surface area contributed by atoms with Gasteiger partial charge in [-0.2, -0.15) is 0 Å². The van der Waals surface area contributed by atoms with Gasteiger partial charge in [-0.1, -0.05) is 263 Å². The normalized spacial score (nSPS) is 19.5. The molecule has 1 aliphatic heterocycles. The molecule has 1 rings (SSSR count). The molecule has 0 aliphatic carbocycles. The number of allylic oxidation sites excluding steroid dienone is 3. The van der Waals surface area contributed by atoms with E-state index in [-0.39, 0.29) is 19.4 Å². The van der Waals surface area contributed by atoms with Crippen LogP contribution in [-0.4, -0.2) is 99.6 Å². The summed E-state index contributed by atoms with van der Waals surface area (Å²) in [7, 11) is 0. The maximum Gasteiger partial charge on any atom is 0.306 e. The third kappa shape index (κ3) is 39.2. The van der Waals surface area contributed by atoms with Crippen molar-refractivity contribution in [1.82, 2.24) is 5.32 Å². The lowest BCUT2D eigenvalue weighted by Crippen LogP contribution is -2.61. The van der Waals surface area contributed by atoms with Crippen LogP contribution >= 0.6 is 0 Å². The van der Waals surface area contributed by atoms with Gasteiger partial charge in [0.1, 0.15) is 24.4 Å². The number of unbranched alkanes of at least 4 members (excludes halogenated alkanes) is 37. The molecule has 0 saturated carbocycles. The standard InChI is InChI=1S/C62H117NO10/c1-4-7-10-13-16-19-22-25-26-27-28-29-30-32-35-38-41-44-47-50-57(67)73-60-59(69)58(68)56(51-64)72-62(60)71-52-53(54(65)48-45-42-39-36-34-31-23-20-17-14-11-8-5-2)63-61(70)55(66)49-46-43-40-37-33-24-21-18-15-12-9-6-3/h33,37,45,48,53-56,58-60,62,64-66,68-69H,4-32,34-36,38-44,46-47,49-52H2,1-3H3,(H,63,70)/b37-33-,48-45+. The molecule has 11 nitrogen and oxygen atoms in total. The molecule has 73 heavy (non-hydrogen) atoms. The minimum absolute atomic E-state index is 0.128. The number of rotatable bonds is 53. The lowest BCUT2D eigenvalue weighted by molar-refractivity contribution is -0.305. The summed E-state index contributed by atoms with van der Waals surface area (Å²) < 4.78 is 17.6. The smallest absolute Gasteiger partial charge is 0.306 e. The monoisotopic (exact) mass is 1040 g/mol. The lowest BCUT2D eigenvalue weighted by Gasteiger charge is -2.41. The van der Waals surface area contributed by atoms with E-state index in [9.17, 15) is 35.1 Å². The number of esters is 1. The number of ether oxygens (including phenoxy) is 3. The van der Waals surface area contributed by atoms with E-state index in [1.54, 1.807) is 6.08 Å². The van der Waals surface area contributed by atoms with E-state index < -0.39 is 67.4 Å². The topological polar surface area (TPSA) is 175 Å². The SMILES string of the molecule is CCCCCCCC/C=C\CCCCC(O)C(=O)NC(COC1OC(CO)C(O)C(O)C1OC(=O)CCCCCCCCCCCCCCCCCCCCC)C(O)/C=C/CCCCCCCCCCCCC. The average molecular weight is 1040 g/mol. The van der Waals surface area contributed by atoms with Crippen molar-refractivity contribution in [1.29, 1.82) is 0 Å². The van der Waals surface area contributed by atoms with Gasteiger partial charge in [0.05, 0.1) is 25.4 Å². The molecule has 1 saturated heterocycles. The molecule has 11 heteroatoms. The molecular formula is C62H117NO10. The Morgan fingerprint density at radius 3 is 1.33 bits per heavy atom. The minimum Gasteiger partial charge on any atom is -0.454 e. The van der Waals surface area contributed by atoms with Crippen LogP contribution in [0.5, 0.6) is 0 Å². The second-order valence-corrected chi connectivity index (χ2v) is 21.8.